The van der Waals surface area contributed by atoms with Gasteiger partial charge in [0.25, 0.3) is 6.01 Å². The van der Waals surface area contributed by atoms with Gasteiger partial charge in [0.2, 0.25) is 0 Å². The summed E-state index contributed by atoms with van der Waals surface area (Å²) in [6, 6.07) is -0.156. The summed E-state index contributed by atoms with van der Waals surface area (Å²) in [6.07, 6.45) is -0.0294. The molecule has 14 heavy (non-hydrogen) atoms. The minimum Gasteiger partial charge on any atom is -0.461 e. The number of nitrogens with two attached hydrogens (primary N) is 1. The van der Waals surface area contributed by atoms with E-state index < -0.39 is 12.6 Å². The molecule has 0 atom stereocenters. The molecule has 0 saturated carbocycles. The zero-order chi connectivity index (χ0) is 10.6. The lowest BCUT2D eigenvalue weighted by molar-refractivity contribution is 0.0517. The number of carbonyl (C=O) groups is 1. The number of oxazole rings is 1. The fourth-order valence-electron chi connectivity index (χ4n) is 0.984. The number of alkyl halides is 1. The third kappa shape index (κ3) is 2.21. The Morgan fingerprint density at radius 1 is 1.71 bits per heavy atom. The number of ether oxygens (including phenoxy) is 1. The van der Waals surface area contributed by atoms with Crippen molar-refractivity contribution in [3.8, 4) is 0 Å². The second kappa shape index (κ2) is 4.59. The summed E-state index contributed by atoms with van der Waals surface area (Å²) in [4.78, 5) is 14.8. The van der Waals surface area contributed by atoms with Gasteiger partial charge in [-0.3, -0.25) is 4.39 Å². The second-order valence-corrected chi connectivity index (χ2v) is 2.48. The monoisotopic (exact) mass is 202 g/mol. The van der Waals surface area contributed by atoms with Gasteiger partial charge >= 0.3 is 5.97 Å². The molecule has 0 aliphatic carbocycles. The van der Waals surface area contributed by atoms with Gasteiger partial charge in [-0.15, -0.1) is 0 Å². The molecule has 1 aromatic heterocycles. The van der Waals surface area contributed by atoms with Crippen LogP contribution in [0, 0.1) is 0 Å². The molecule has 0 fully saturated rings. The molecule has 0 bridgehead atoms. The Kier molecular flexibility index (Phi) is 3.44. The van der Waals surface area contributed by atoms with Crippen LogP contribution in [0.25, 0.3) is 0 Å². The topological polar surface area (TPSA) is 78.3 Å². The molecule has 0 unspecified atom stereocenters. The van der Waals surface area contributed by atoms with E-state index in [0.717, 1.165) is 0 Å². The number of hydrogen-bond donors (Lipinski definition) is 1. The Labute approximate surface area is 80.1 Å². The van der Waals surface area contributed by atoms with Crippen LogP contribution in [-0.4, -0.2) is 24.2 Å². The molecule has 0 amide bonds. The lowest BCUT2D eigenvalue weighted by Crippen LogP contribution is -2.08. The summed E-state index contributed by atoms with van der Waals surface area (Å²) in [7, 11) is 0. The summed E-state index contributed by atoms with van der Waals surface area (Å²) in [5.41, 5.74) is 5.20. The molecular weight excluding hydrogens is 191 g/mol. The molecule has 2 N–H and O–H groups in total. The van der Waals surface area contributed by atoms with E-state index in [-0.39, 0.29) is 30.5 Å². The van der Waals surface area contributed by atoms with Crippen LogP contribution in [0.5, 0.6) is 0 Å². The van der Waals surface area contributed by atoms with Crippen LogP contribution in [0.2, 0.25) is 0 Å². The highest BCUT2D eigenvalue weighted by molar-refractivity contribution is 5.88. The van der Waals surface area contributed by atoms with E-state index in [9.17, 15) is 9.18 Å². The number of rotatable bonds is 4. The Morgan fingerprint density at radius 2 is 2.43 bits per heavy atom. The predicted octanol–water partition coefficient (Wildman–Crippen LogP) is 0.946. The van der Waals surface area contributed by atoms with Gasteiger partial charge in [0, 0.05) is 6.42 Å². The van der Waals surface area contributed by atoms with Crippen LogP contribution in [0.4, 0.5) is 10.4 Å². The van der Waals surface area contributed by atoms with Crippen LogP contribution < -0.4 is 5.73 Å². The van der Waals surface area contributed by atoms with Crippen molar-refractivity contribution in [2.24, 2.45) is 0 Å². The van der Waals surface area contributed by atoms with Crippen molar-refractivity contribution < 1.29 is 18.3 Å². The van der Waals surface area contributed by atoms with Gasteiger partial charge in [0.05, 0.1) is 13.3 Å². The minimum absolute atomic E-state index is 0.0294. The van der Waals surface area contributed by atoms with Crippen LogP contribution in [-0.2, 0) is 11.2 Å². The summed E-state index contributed by atoms with van der Waals surface area (Å²) in [5, 5.41) is 0. The number of carbonyl (C=O) groups excluding carboxylic acids is 1. The van der Waals surface area contributed by atoms with Gasteiger partial charge in [0.1, 0.15) is 5.76 Å². The molecular formula is C8H11FN2O3. The largest absolute Gasteiger partial charge is 0.461 e. The number of aryl methyl sites for hydroxylation is 1. The highest BCUT2D eigenvalue weighted by Gasteiger charge is 2.19. The van der Waals surface area contributed by atoms with Crippen molar-refractivity contribution in [3.63, 3.8) is 0 Å². The lowest BCUT2D eigenvalue weighted by atomic mass is 10.3. The molecule has 0 aromatic carbocycles. The van der Waals surface area contributed by atoms with E-state index in [1.165, 1.54) is 0 Å². The maximum atomic E-state index is 12.0. The molecule has 0 radical (unpaired) electrons. The maximum Gasteiger partial charge on any atom is 0.360 e. The summed E-state index contributed by atoms with van der Waals surface area (Å²) in [6.45, 7) is 1.25. The number of nitrogens with zero attached hydrogens (tertiary/aromatic N) is 1. The van der Waals surface area contributed by atoms with Crippen LogP contribution in [0.3, 0.4) is 0 Å². The summed E-state index contributed by atoms with van der Waals surface area (Å²) < 4.78 is 21.6. The van der Waals surface area contributed by atoms with Crippen molar-refractivity contribution >= 4 is 12.0 Å². The minimum atomic E-state index is -0.642. The number of esters is 1. The standard InChI is InChI=1S/C8H11FN2O3/c1-2-13-7(12)6-5(3-4-9)14-8(10)11-6/h2-4H2,1H3,(H2,10,11). The highest BCUT2D eigenvalue weighted by Crippen LogP contribution is 2.14. The third-order valence-corrected chi connectivity index (χ3v) is 1.50. The van der Waals surface area contributed by atoms with E-state index in [4.69, 9.17) is 10.2 Å². The van der Waals surface area contributed by atoms with Gasteiger partial charge in [0.15, 0.2) is 5.69 Å². The molecule has 5 nitrogen and oxygen atoms in total. The first-order valence-electron chi connectivity index (χ1n) is 4.17. The molecule has 0 aliphatic heterocycles. The van der Waals surface area contributed by atoms with Gasteiger partial charge in [-0.25, -0.2) is 4.79 Å². The van der Waals surface area contributed by atoms with Crippen LogP contribution in [0.15, 0.2) is 4.42 Å². The van der Waals surface area contributed by atoms with Gasteiger partial charge in [-0.1, -0.05) is 0 Å². The zero-order valence-corrected chi connectivity index (χ0v) is 7.75. The average Bonchev–Trinajstić information content (AvgIpc) is 2.48. The van der Waals surface area contributed by atoms with E-state index in [0.29, 0.717) is 0 Å². The fraction of sp³-hybridized carbons (Fsp3) is 0.500. The Bertz CT molecular complexity index is 324. The molecule has 1 rings (SSSR count). The number of anilines is 1. The van der Waals surface area contributed by atoms with Gasteiger partial charge < -0.3 is 14.9 Å². The van der Waals surface area contributed by atoms with Crippen molar-refractivity contribution in [1.29, 1.82) is 0 Å². The molecule has 6 heteroatoms. The second-order valence-electron chi connectivity index (χ2n) is 2.48. The summed E-state index contributed by atoms with van der Waals surface area (Å²) >= 11 is 0. The smallest absolute Gasteiger partial charge is 0.360 e. The van der Waals surface area contributed by atoms with E-state index in [2.05, 4.69) is 9.72 Å². The van der Waals surface area contributed by atoms with E-state index >= 15 is 0 Å². The lowest BCUT2D eigenvalue weighted by Gasteiger charge is -1.98. The first-order valence-corrected chi connectivity index (χ1v) is 4.17. The van der Waals surface area contributed by atoms with Crippen molar-refractivity contribution in [2.45, 2.75) is 13.3 Å². The molecule has 0 spiro atoms. The number of halogens is 1. The molecule has 1 aromatic rings. The third-order valence-electron chi connectivity index (χ3n) is 1.50. The zero-order valence-electron chi connectivity index (χ0n) is 7.75. The van der Waals surface area contributed by atoms with E-state index in [1.54, 1.807) is 6.92 Å². The van der Waals surface area contributed by atoms with Crippen molar-refractivity contribution in [2.75, 3.05) is 19.0 Å². The van der Waals surface area contributed by atoms with Crippen LogP contribution >= 0.6 is 0 Å². The number of hydrogen-bond acceptors (Lipinski definition) is 5. The SMILES string of the molecule is CCOC(=O)c1nc(N)oc1CCF. The first-order chi connectivity index (χ1) is 6.69. The predicted molar refractivity (Wildman–Crippen MR) is 46.6 cm³/mol. The Morgan fingerprint density at radius 3 is 3.00 bits per heavy atom. The fourth-order valence-corrected chi connectivity index (χ4v) is 0.984. The molecule has 0 aliphatic rings. The summed E-state index contributed by atoms with van der Waals surface area (Å²) in [5.74, 6) is -0.514. The molecule has 78 valence electrons. The van der Waals surface area contributed by atoms with Gasteiger partial charge in [-0.2, -0.15) is 4.98 Å². The quantitative estimate of drug-likeness (QED) is 0.735. The van der Waals surface area contributed by atoms with Gasteiger partial charge in [-0.05, 0) is 6.92 Å². The highest BCUT2D eigenvalue weighted by atomic mass is 19.1. The van der Waals surface area contributed by atoms with Crippen molar-refractivity contribution in [3.05, 3.63) is 11.5 Å². The average molecular weight is 202 g/mol. The first kappa shape index (κ1) is 10.5. The Balaban J connectivity index is 2.88. The van der Waals surface area contributed by atoms with Crippen LogP contribution in [0.1, 0.15) is 23.2 Å². The molecule has 1 heterocycles. The van der Waals surface area contributed by atoms with Crippen molar-refractivity contribution in [1.82, 2.24) is 4.98 Å². The number of nitrogen functional groups attached to an aromatic ring is 1. The number of aromatic nitrogens is 1. The molecule has 0 saturated heterocycles. The Hall–Kier alpha value is -1.59. The normalized spacial score (nSPS) is 10.1. The van der Waals surface area contributed by atoms with E-state index in [1.807, 2.05) is 0 Å². The maximum absolute atomic E-state index is 12.0.